The molecule has 0 bridgehead atoms. The molecule has 0 saturated heterocycles. The lowest BCUT2D eigenvalue weighted by atomic mass is 10.0. The first-order valence-electron chi connectivity index (χ1n) is 6.90. The molecule has 21 heavy (non-hydrogen) atoms. The van der Waals surface area contributed by atoms with Crippen molar-refractivity contribution in [2.45, 2.75) is 32.6 Å². The second-order valence-corrected chi connectivity index (χ2v) is 5.21. The Morgan fingerprint density at radius 3 is 2.48 bits per heavy atom. The molecule has 0 aromatic heterocycles. The summed E-state index contributed by atoms with van der Waals surface area (Å²) >= 11 is 0. The number of ether oxygens (including phenoxy) is 1. The van der Waals surface area contributed by atoms with Crippen molar-refractivity contribution >= 4 is 5.69 Å². The first-order chi connectivity index (χ1) is 9.77. The Morgan fingerprint density at radius 2 is 1.95 bits per heavy atom. The summed E-state index contributed by atoms with van der Waals surface area (Å²) in [5, 5.41) is 2.95. The summed E-state index contributed by atoms with van der Waals surface area (Å²) in [5.74, 6) is 0. The van der Waals surface area contributed by atoms with Crippen LogP contribution in [0.15, 0.2) is 18.2 Å². The van der Waals surface area contributed by atoms with Crippen LogP contribution in [0.4, 0.5) is 18.9 Å². The standard InChI is InChI=1S/C15H23F3N2O/c1-11(2)20(3)13-6-5-12(10-19-7-8-21-4)14(9-13)15(16,17)18/h5-6,9,11,19H,7-8,10H2,1-4H3. The second-order valence-electron chi connectivity index (χ2n) is 5.21. The van der Waals surface area contributed by atoms with Gasteiger partial charge >= 0.3 is 6.18 Å². The minimum absolute atomic E-state index is 0.136. The van der Waals surface area contributed by atoms with Crippen LogP contribution in [0, 0.1) is 0 Å². The van der Waals surface area contributed by atoms with Crippen molar-refractivity contribution in [3.63, 3.8) is 0 Å². The van der Waals surface area contributed by atoms with Gasteiger partial charge in [0.25, 0.3) is 0 Å². The van der Waals surface area contributed by atoms with Crippen LogP contribution in [0.25, 0.3) is 0 Å². The highest BCUT2D eigenvalue weighted by Crippen LogP contribution is 2.34. The van der Waals surface area contributed by atoms with Crippen molar-refractivity contribution in [2.24, 2.45) is 0 Å². The molecular weight excluding hydrogens is 281 g/mol. The Kier molecular flexibility index (Phi) is 6.48. The van der Waals surface area contributed by atoms with E-state index in [1.807, 2.05) is 18.7 Å². The Hall–Kier alpha value is -1.27. The average Bonchev–Trinajstić information content (AvgIpc) is 2.41. The molecule has 3 nitrogen and oxygen atoms in total. The summed E-state index contributed by atoms with van der Waals surface area (Å²) in [6.45, 7) is 5.03. The maximum atomic E-state index is 13.2. The molecule has 0 unspecified atom stereocenters. The SMILES string of the molecule is COCCNCc1ccc(N(C)C(C)C)cc1C(F)(F)F. The minimum atomic E-state index is -4.36. The van der Waals surface area contributed by atoms with Crippen LogP contribution in [-0.4, -0.2) is 33.4 Å². The quantitative estimate of drug-likeness (QED) is 0.782. The van der Waals surface area contributed by atoms with Crippen LogP contribution >= 0.6 is 0 Å². The maximum absolute atomic E-state index is 13.2. The third-order valence-corrected chi connectivity index (χ3v) is 3.38. The molecule has 1 rings (SSSR count). The Balaban J connectivity index is 2.98. The number of nitrogens with one attached hydrogen (secondary N) is 1. The number of alkyl halides is 3. The highest BCUT2D eigenvalue weighted by molar-refractivity contribution is 5.52. The third-order valence-electron chi connectivity index (χ3n) is 3.38. The minimum Gasteiger partial charge on any atom is -0.383 e. The largest absolute Gasteiger partial charge is 0.416 e. The number of benzene rings is 1. The van der Waals surface area contributed by atoms with E-state index in [0.717, 1.165) is 0 Å². The van der Waals surface area contributed by atoms with Gasteiger partial charge in [-0.25, -0.2) is 0 Å². The molecule has 1 aromatic carbocycles. The van der Waals surface area contributed by atoms with Gasteiger partial charge in [0.2, 0.25) is 0 Å². The van der Waals surface area contributed by atoms with Gasteiger partial charge in [-0.05, 0) is 31.5 Å². The molecule has 1 aromatic rings. The second kappa shape index (κ2) is 7.66. The summed E-state index contributed by atoms with van der Waals surface area (Å²) in [7, 11) is 3.34. The molecule has 0 saturated carbocycles. The first kappa shape index (κ1) is 17.8. The van der Waals surface area contributed by atoms with Crippen molar-refractivity contribution < 1.29 is 17.9 Å². The molecule has 0 fully saturated rings. The van der Waals surface area contributed by atoms with E-state index in [1.54, 1.807) is 20.2 Å². The lowest BCUT2D eigenvalue weighted by Gasteiger charge is -2.25. The van der Waals surface area contributed by atoms with Crippen LogP contribution < -0.4 is 10.2 Å². The van der Waals surface area contributed by atoms with E-state index in [4.69, 9.17) is 4.74 Å². The Bertz CT molecular complexity index is 447. The Labute approximate surface area is 124 Å². The third kappa shape index (κ3) is 5.21. The van der Waals surface area contributed by atoms with Crippen LogP contribution in [0.2, 0.25) is 0 Å². The molecule has 6 heteroatoms. The fourth-order valence-electron chi connectivity index (χ4n) is 1.90. The van der Waals surface area contributed by atoms with Gasteiger partial charge in [0.15, 0.2) is 0 Å². The monoisotopic (exact) mass is 304 g/mol. The molecule has 120 valence electrons. The zero-order valence-electron chi connectivity index (χ0n) is 12.9. The van der Waals surface area contributed by atoms with Gasteiger partial charge in [-0.15, -0.1) is 0 Å². The molecule has 0 radical (unpaired) electrons. The lowest BCUT2D eigenvalue weighted by molar-refractivity contribution is -0.138. The predicted octanol–water partition coefficient (Wildman–Crippen LogP) is 3.29. The van der Waals surface area contributed by atoms with E-state index in [1.165, 1.54) is 12.1 Å². The topological polar surface area (TPSA) is 24.5 Å². The predicted molar refractivity (Wildman–Crippen MR) is 78.6 cm³/mol. The summed E-state index contributed by atoms with van der Waals surface area (Å²) in [4.78, 5) is 1.82. The van der Waals surface area contributed by atoms with E-state index < -0.39 is 11.7 Å². The van der Waals surface area contributed by atoms with Crippen molar-refractivity contribution in [3.05, 3.63) is 29.3 Å². The molecular formula is C15H23F3N2O. The molecule has 0 aliphatic carbocycles. The molecule has 0 atom stereocenters. The zero-order chi connectivity index (χ0) is 16.0. The van der Waals surface area contributed by atoms with Crippen molar-refractivity contribution in [3.8, 4) is 0 Å². The fraction of sp³-hybridized carbons (Fsp3) is 0.600. The van der Waals surface area contributed by atoms with Gasteiger partial charge in [-0.3, -0.25) is 0 Å². The van der Waals surface area contributed by atoms with Crippen molar-refractivity contribution in [1.82, 2.24) is 5.32 Å². The van der Waals surface area contributed by atoms with Gasteiger partial charge in [-0.2, -0.15) is 13.2 Å². The van der Waals surface area contributed by atoms with E-state index in [2.05, 4.69) is 5.32 Å². The zero-order valence-corrected chi connectivity index (χ0v) is 12.9. The fourth-order valence-corrected chi connectivity index (χ4v) is 1.90. The van der Waals surface area contributed by atoms with E-state index in [-0.39, 0.29) is 18.2 Å². The number of methoxy groups -OCH3 is 1. The summed E-state index contributed by atoms with van der Waals surface area (Å²) in [6, 6.07) is 4.61. The summed E-state index contributed by atoms with van der Waals surface area (Å²) in [6.07, 6.45) is -4.36. The molecule has 0 amide bonds. The number of halogens is 3. The van der Waals surface area contributed by atoms with Gasteiger partial charge in [0, 0.05) is 39.0 Å². The van der Waals surface area contributed by atoms with E-state index >= 15 is 0 Å². The number of rotatable bonds is 7. The highest BCUT2D eigenvalue weighted by Gasteiger charge is 2.33. The Morgan fingerprint density at radius 1 is 1.29 bits per heavy atom. The van der Waals surface area contributed by atoms with Crippen LogP contribution in [0.5, 0.6) is 0 Å². The van der Waals surface area contributed by atoms with Crippen molar-refractivity contribution in [2.75, 3.05) is 32.2 Å². The first-order valence-corrected chi connectivity index (χ1v) is 6.90. The summed E-state index contributed by atoms with van der Waals surface area (Å²) in [5.41, 5.74) is 0.231. The van der Waals surface area contributed by atoms with Gasteiger partial charge < -0.3 is 15.0 Å². The number of hydrogen-bond acceptors (Lipinski definition) is 3. The number of anilines is 1. The number of nitrogens with zero attached hydrogens (tertiary/aromatic N) is 1. The maximum Gasteiger partial charge on any atom is 0.416 e. The molecule has 1 N–H and O–H groups in total. The summed E-state index contributed by atoms with van der Waals surface area (Å²) < 4.78 is 44.5. The molecule has 0 aliphatic heterocycles. The smallest absolute Gasteiger partial charge is 0.383 e. The van der Waals surface area contributed by atoms with Crippen LogP contribution in [0.1, 0.15) is 25.0 Å². The molecule has 0 spiro atoms. The van der Waals surface area contributed by atoms with Crippen LogP contribution in [0.3, 0.4) is 0 Å². The van der Waals surface area contributed by atoms with E-state index in [9.17, 15) is 13.2 Å². The van der Waals surface area contributed by atoms with Gasteiger partial charge in [0.05, 0.1) is 12.2 Å². The molecule has 0 heterocycles. The van der Waals surface area contributed by atoms with Gasteiger partial charge in [0.1, 0.15) is 0 Å². The average molecular weight is 304 g/mol. The highest BCUT2D eigenvalue weighted by atomic mass is 19.4. The normalized spacial score (nSPS) is 12.0. The van der Waals surface area contributed by atoms with Crippen molar-refractivity contribution in [1.29, 1.82) is 0 Å². The lowest BCUT2D eigenvalue weighted by Crippen LogP contribution is -2.26. The van der Waals surface area contributed by atoms with E-state index in [0.29, 0.717) is 18.8 Å². The van der Waals surface area contributed by atoms with Crippen LogP contribution in [-0.2, 0) is 17.5 Å². The molecule has 0 aliphatic rings. The number of hydrogen-bond donors (Lipinski definition) is 1. The van der Waals surface area contributed by atoms with Gasteiger partial charge in [-0.1, -0.05) is 6.07 Å².